The molecule has 0 bridgehead atoms. The number of carbonyl (C=O) groups excluding carboxylic acids is 9. The first kappa shape index (κ1) is 60.4. The van der Waals surface area contributed by atoms with Crippen molar-refractivity contribution in [3.05, 3.63) is 35.9 Å². The summed E-state index contributed by atoms with van der Waals surface area (Å²) in [5, 5.41) is 56.3. The fraction of sp³-hybridized carbons (Fsp3) is 0.630. The highest BCUT2D eigenvalue weighted by molar-refractivity contribution is 5.99. The summed E-state index contributed by atoms with van der Waals surface area (Å²) in [4.78, 5) is 146. The molecule has 11 atom stereocenters. The SMILES string of the molecule is CC[C@H](C)[C@H](N)C(=O)N[C@H](C(=O)N[C@@H](CC(=O)O)C(=O)N[C@@H](CCC(N)=O)C(=O)N[C@H](C(=O)N1CCC[C@H]1C(=O)N[C@@H](Cc1ccccc1)C(=O)N[C@@H](CO)C(=O)N[C@H](C(=O)O)C(C)C)C(C)C)[C@@H](C)O. The summed E-state index contributed by atoms with van der Waals surface area (Å²) in [6.45, 7) is 9.98. The van der Waals surface area contributed by atoms with E-state index in [4.69, 9.17) is 11.5 Å². The van der Waals surface area contributed by atoms with Gasteiger partial charge in [0.15, 0.2) is 0 Å². The number of aliphatic hydroxyl groups excluding tert-OH is 2. The molecule has 1 saturated heterocycles. The van der Waals surface area contributed by atoms with Crippen LogP contribution < -0.4 is 48.7 Å². The van der Waals surface area contributed by atoms with Gasteiger partial charge in [-0.25, -0.2) is 4.79 Å². The molecule has 1 aliphatic heterocycles. The van der Waals surface area contributed by atoms with Crippen molar-refractivity contribution in [2.24, 2.45) is 29.2 Å². The molecule has 15 N–H and O–H groups in total. The van der Waals surface area contributed by atoms with Gasteiger partial charge in [0.25, 0.3) is 0 Å². The number of aliphatic carboxylic acids is 2. The van der Waals surface area contributed by atoms with E-state index in [1.54, 1.807) is 71.9 Å². The molecule has 396 valence electrons. The Bertz CT molecular complexity index is 2060. The van der Waals surface area contributed by atoms with Crippen molar-refractivity contribution in [2.45, 2.75) is 154 Å². The summed E-state index contributed by atoms with van der Waals surface area (Å²) in [6.07, 6.45) is -2.74. The molecule has 25 heteroatoms. The number of nitrogens with one attached hydrogen (secondary N) is 7. The predicted molar refractivity (Wildman–Crippen MR) is 253 cm³/mol. The third-order valence-corrected chi connectivity index (χ3v) is 12.0. The average molecular weight is 1010 g/mol. The lowest BCUT2D eigenvalue weighted by Gasteiger charge is -2.32. The van der Waals surface area contributed by atoms with Gasteiger partial charge in [0.2, 0.25) is 53.2 Å². The number of rotatable bonds is 29. The maximum absolute atomic E-state index is 14.3. The summed E-state index contributed by atoms with van der Waals surface area (Å²) < 4.78 is 0. The van der Waals surface area contributed by atoms with Crippen molar-refractivity contribution < 1.29 is 73.2 Å². The molecule has 71 heavy (non-hydrogen) atoms. The molecule has 1 fully saturated rings. The number of hydrogen-bond donors (Lipinski definition) is 13. The smallest absolute Gasteiger partial charge is 0.326 e. The fourth-order valence-corrected chi connectivity index (χ4v) is 7.45. The summed E-state index contributed by atoms with van der Waals surface area (Å²) in [7, 11) is 0. The summed E-state index contributed by atoms with van der Waals surface area (Å²) in [5.41, 5.74) is 11.9. The van der Waals surface area contributed by atoms with Gasteiger partial charge in [-0.3, -0.25) is 47.9 Å². The first-order valence-electron chi connectivity index (χ1n) is 23.5. The van der Waals surface area contributed by atoms with Crippen LogP contribution in [0.15, 0.2) is 30.3 Å². The van der Waals surface area contributed by atoms with E-state index < -0.39 is 163 Å². The first-order valence-corrected chi connectivity index (χ1v) is 23.5. The first-order chi connectivity index (χ1) is 33.2. The number of hydrogen-bond acceptors (Lipinski definition) is 14. The Morgan fingerprint density at radius 3 is 1.72 bits per heavy atom. The number of likely N-dealkylation sites (tertiary alicyclic amines) is 1. The molecule has 0 aromatic heterocycles. The van der Waals surface area contributed by atoms with Crippen LogP contribution in [-0.4, -0.2) is 164 Å². The van der Waals surface area contributed by atoms with Crippen LogP contribution in [0.4, 0.5) is 0 Å². The molecule has 9 amide bonds. The second-order valence-corrected chi connectivity index (χ2v) is 18.3. The van der Waals surface area contributed by atoms with Crippen molar-refractivity contribution in [1.29, 1.82) is 0 Å². The third kappa shape index (κ3) is 18.8. The number of nitrogens with two attached hydrogens (primary N) is 2. The Morgan fingerprint density at radius 2 is 1.20 bits per heavy atom. The van der Waals surface area contributed by atoms with Crippen molar-refractivity contribution in [3.63, 3.8) is 0 Å². The van der Waals surface area contributed by atoms with E-state index in [0.717, 1.165) is 6.92 Å². The number of carbonyl (C=O) groups is 11. The van der Waals surface area contributed by atoms with Crippen LogP contribution >= 0.6 is 0 Å². The Hall–Kier alpha value is -6.73. The Balaban J connectivity index is 2.38. The molecule has 1 aromatic carbocycles. The Labute approximate surface area is 411 Å². The van der Waals surface area contributed by atoms with Crippen LogP contribution in [0.1, 0.15) is 92.6 Å². The molecule has 0 spiro atoms. The molecule has 1 aromatic rings. The highest BCUT2D eigenvalue weighted by Gasteiger charge is 2.42. The zero-order chi connectivity index (χ0) is 53.9. The van der Waals surface area contributed by atoms with Crippen molar-refractivity contribution in [3.8, 4) is 0 Å². The molecule has 0 aliphatic carbocycles. The van der Waals surface area contributed by atoms with Gasteiger partial charge in [0.05, 0.1) is 25.2 Å². The lowest BCUT2D eigenvalue weighted by Crippen LogP contribution is -2.62. The summed E-state index contributed by atoms with van der Waals surface area (Å²) in [6, 6.07) is -4.84. The minimum absolute atomic E-state index is 0.0226. The lowest BCUT2D eigenvalue weighted by atomic mass is 9.98. The van der Waals surface area contributed by atoms with Crippen LogP contribution in [0.5, 0.6) is 0 Å². The van der Waals surface area contributed by atoms with Gasteiger partial charge in [0, 0.05) is 19.4 Å². The number of nitrogens with zero attached hydrogens (tertiary/aromatic N) is 1. The van der Waals surface area contributed by atoms with E-state index >= 15 is 0 Å². The van der Waals surface area contributed by atoms with Crippen LogP contribution in [-0.2, 0) is 59.2 Å². The lowest BCUT2D eigenvalue weighted by molar-refractivity contribution is -0.144. The number of primary amides is 1. The zero-order valence-electron chi connectivity index (χ0n) is 41.1. The molecule has 25 nitrogen and oxygen atoms in total. The highest BCUT2D eigenvalue weighted by atomic mass is 16.4. The normalized spacial score (nSPS) is 17.6. The van der Waals surface area contributed by atoms with Crippen molar-refractivity contribution in [1.82, 2.24) is 42.1 Å². The second kappa shape index (κ2) is 28.8. The number of amides is 9. The summed E-state index contributed by atoms with van der Waals surface area (Å²) in [5.74, 6) is -13.0. The number of carboxylic acid groups (broad SMARTS) is 2. The molecule has 0 radical (unpaired) electrons. The van der Waals surface area contributed by atoms with Gasteiger partial charge in [0.1, 0.15) is 48.3 Å². The maximum Gasteiger partial charge on any atom is 0.326 e. The van der Waals surface area contributed by atoms with Gasteiger partial charge in [-0.1, -0.05) is 78.3 Å². The number of carboxylic acids is 2. The van der Waals surface area contributed by atoms with Crippen molar-refractivity contribution >= 4 is 65.1 Å². The van der Waals surface area contributed by atoms with E-state index in [9.17, 15) is 73.2 Å². The predicted octanol–water partition coefficient (Wildman–Crippen LogP) is -3.50. The Kier molecular flexibility index (Phi) is 24.5. The number of benzene rings is 1. The molecule has 1 heterocycles. The quantitative estimate of drug-likeness (QED) is 0.0370. The van der Waals surface area contributed by atoms with E-state index in [-0.39, 0.29) is 25.3 Å². The molecule has 2 rings (SSSR count). The minimum Gasteiger partial charge on any atom is -0.481 e. The van der Waals surface area contributed by atoms with Crippen LogP contribution in [0.2, 0.25) is 0 Å². The Morgan fingerprint density at radius 1 is 0.676 bits per heavy atom. The minimum atomic E-state index is -1.91. The topological polar surface area (TPSA) is 408 Å². The van der Waals surface area contributed by atoms with Gasteiger partial charge >= 0.3 is 11.9 Å². The molecule has 0 saturated carbocycles. The molecular weight excluding hydrogens is 933 g/mol. The molecular formula is C46H72N10O15. The largest absolute Gasteiger partial charge is 0.481 e. The van der Waals surface area contributed by atoms with E-state index in [0.29, 0.717) is 18.4 Å². The zero-order valence-corrected chi connectivity index (χ0v) is 41.1. The molecule has 0 unspecified atom stereocenters. The number of aliphatic hydroxyl groups is 2. The summed E-state index contributed by atoms with van der Waals surface area (Å²) >= 11 is 0. The van der Waals surface area contributed by atoms with Gasteiger partial charge < -0.3 is 74.0 Å². The van der Waals surface area contributed by atoms with Crippen molar-refractivity contribution in [2.75, 3.05) is 13.2 Å². The second-order valence-electron chi connectivity index (χ2n) is 18.3. The molecule has 1 aliphatic rings. The standard InChI is InChI=1S/C46H72N10O15/c1-8-24(6)34(48)43(67)55-37(25(7)58)44(68)51-29(20-33(60)61)40(64)49-27(16-17-32(47)59)38(62)53-35(22(2)3)45(69)56-18-12-15-31(56)42(66)50-28(19-26-13-10-9-11-14-26)39(63)52-30(21-57)41(65)54-36(23(4)5)46(70)71/h9-11,13-14,22-25,27-31,34-37,57-58H,8,12,15-21,48H2,1-7H3,(H2,47,59)(H,49,64)(H,50,66)(H,51,68)(H,52,63)(H,53,62)(H,54,65)(H,55,67)(H,60,61)(H,70,71)/t24-,25+,27-,28-,29-,30-,31-,34-,35-,36-,37-/m0/s1. The van der Waals surface area contributed by atoms with E-state index in [1.165, 1.54) is 4.90 Å². The van der Waals surface area contributed by atoms with Crippen LogP contribution in [0.3, 0.4) is 0 Å². The van der Waals surface area contributed by atoms with E-state index in [1.807, 2.05) is 0 Å². The van der Waals surface area contributed by atoms with Gasteiger partial charge in [-0.05, 0) is 49.5 Å². The van der Waals surface area contributed by atoms with E-state index in [2.05, 4.69) is 37.2 Å². The monoisotopic (exact) mass is 1000 g/mol. The average Bonchev–Trinajstić information content (AvgIpc) is 3.81. The van der Waals surface area contributed by atoms with Crippen LogP contribution in [0.25, 0.3) is 0 Å². The van der Waals surface area contributed by atoms with Gasteiger partial charge in [-0.15, -0.1) is 0 Å². The fourth-order valence-electron chi connectivity index (χ4n) is 7.45. The van der Waals surface area contributed by atoms with Crippen LogP contribution in [0, 0.1) is 17.8 Å². The van der Waals surface area contributed by atoms with Gasteiger partial charge in [-0.2, -0.15) is 0 Å². The third-order valence-electron chi connectivity index (χ3n) is 12.0. The highest BCUT2D eigenvalue weighted by Crippen LogP contribution is 2.22. The maximum atomic E-state index is 14.3.